The average molecular weight is 272 g/mol. The van der Waals surface area contributed by atoms with E-state index in [2.05, 4.69) is 9.44 Å². The van der Waals surface area contributed by atoms with Crippen LogP contribution in [0.15, 0.2) is 5.16 Å². The van der Waals surface area contributed by atoms with Gasteiger partial charge in [0.15, 0.2) is 11.0 Å². The molecule has 1 atom stereocenters. The van der Waals surface area contributed by atoms with E-state index >= 15 is 0 Å². The number of rotatable bonds is 3. The van der Waals surface area contributed by atoms with E-state index in [4.69, 9.17) is 21.1 Å². The van der Waals surface area contributed by atoms with Crippen molar-refractivity contribution in [2.75, 3.05) is 12.9 Å². The van der Waals surface area contributed by atoms with E-state index in [1.807, 2.05) is 0 Å². The lowest BCUT2D eigenvalue weighted by Crippen LogP contribution is -2.37. The van der Waals surface area contributed by atoms with Gasteiger partial charge in [0.1, 0.15) is 5.60 Å². The van der Waals surface area contributed by atoms with E-state index in [1.54, 1.807) is 20.8 Å². The number of oxime groups is 1. The van der Waals surface area contributed by atoms with E-state index in [0.717, 1.165) is 6.26 Å². The molecule has 0 aromatic heterocycles. The maximum Gasteiger partial charge on any atom is 0.325 e. The summed E-state index contributed by atoms with van der Waals surface area (Å²) >= 11 is 5.82. The largest absolute Gasteiger partial charge is 0.347 e. The molecular weight excluding hydrogens is 258 g/mol. The van der Waals surface area contributed by atoms with Crippen LogP contribution in [-0.2, 0) is 23.9 Å². The Labute approximate surface area is 99.6 Å². The van der Waals surface area contributed by atoms with Crippen molar-refractivity contribution in [3.8, 4) is 0 Å². The second-order valence-corrected chi connectivity index (χ2v) is 6.10. The molecule has 1 rings (SSSR count). The molecule has 0 bridgehead atoms. The molecular formula is C8H14ClNO5S. The summed E-state index contributed by atoms with van der Waals surface area (Å²) in [5, 5.41) is 3.20. The summed E-state index contributed by atoms with van der Waals surface area (Å²) in [5.41, 5.74) is -0.990. The van der Waals surface area contributed by atoms with Crippen LogP contribution in [0, 0.1) is 0 Å². The van der Waals surface area contributed by atoms with Crippen LogP contribution in [0.2, 0.25) is 0 Å². The maximum atomic E-state index is 10.7. The van der Waals surface area contributed by atoms with Crippen molar-refractivity contribution in [1.82, 2.24) is 0 Å². The summed E-state index contributed by atoms with van der Waals surface area (Å²) in [4.78, 5) is 0. The highest BCUT2D eigenvalue weighted by Crippen LogP contribution is 2.32. The Morgan fingerprint density at radius 2 is 2.00 bits per heavy atom. The Morgan fingerprint density at radius 3 is 2.38 bits per heavy atom. The number of hydrogen-bond acceptors (Lipinski definition) is 6. The predicted octanol–water partition coefficient (Wildman–Crippen LogP) is 1.06. The lowest BCUT2D eigenvalue weighted by atomic mass is 10.1. The van der Waals surface area contributed by atoms with Gasteiger partial charge >= 0.3 is 10.1 Å². The van der Waals surface area contributed by atoms with Gasteiger partial charge in [-0.25, -0.2) is 0 Å². The first-order chi connectivity index (χ1) is 7.04. The van der Waals surface area contributed by atoms with Crippen LogP contribution < -0.4 is 0 Å². The molecule has 1 heterocycles. The van der Waals surface area contributed by atoms with E-state index in [0.29, 0.717) is 0 Å². The molecule has 8 heteroatoms. The Bertz CT molecular complexity index is 405. The molecule has 0 aliphatic carbocycles. The molecule has 1 aliphatic rings. The molecule has 0 saturated carbocycles. The van der Waals surface area contributed by atoms with Crippen LogP contribution in [0.3, 0.4) is 0 Å². The third-order valence-electron chi connectivity index (χ3n) is 1.86. The zero-order chi connectivity index (χ0) is 12.6. The highest BCUT2D eigenvalue weighted by molar-refractivity contribution is 7.85. The van der Waals surface area contributed by atoms with E-state index in [1.165, 1.54) is 0 Å². The van der Waals surface area contributed by atoms with Crippen LogP contribution in [-0.4, -0.2) is 37.8 Å². The number of nitrogens with zero attached hydrogens (tertiary/aromatic N) is 1. The molecule has 1 aliphatic heterocycles. The molecule has 0 radical (unpaired) electrons. The fraction of sp³-hybridized carbons (Fsp3) is 0.875. The second kappa shape index (κ2) is 4.14. The van der Waals surface area contributed by atoms with Crippen LogP contribution in [0.5, 0.6) is 0 Å². The highest BCUT2D eigenvalue weighted by atomic mass is 35.5. The van der Waals surface area contributed by atoms with Crippen LogP contribution in [0.1, 0.15) is 20.8 Å². The van der Waals surface area contributed by atoms with Gasteiger partial charge in [-0.05, 0) is 20.8 Å². The zero-order valence-electron chi connectivity index (χ0n) is 9.48. The van der Waals surface area contributed by atoms with Gasteiger partial charge in [0.2, 0.25) is 0 Å². The van der Waals surface area contributed by atoms with Gasteiger partial charge in [-0.15, -0.1) is 0 Å². The Kier molecular flexibility index (Phi) is 3.54. The third kappa shape index (κ3) is 3.58. The van der Waals surface area contributed by atoms with Crippen molar-refractivity contribution >= 4 is 26.9 Å². The molecule has 0 aromatic rings. The van der Waals surface area contributed by atoms with E-state index < -0.39 is 21.5 Å². The standard InChI is InChI=1S/C8H14ClNO5S/c1-7(2)13-5-8(3,14-7)6(9)10-15-16(4,11)12/h5H2,1-4H3/b10-6-/t8-/m1/s1. The van der Waals surface area contributed by atoms with Gasteiger partial charge in [-0.3, -0.25) is 4.28 Å². The van der Waals surface area contributed by atoms with Crippen molar-refractivity contribution in [2.24, 2.45) is 5.16 Å². The minimum Gasteiger partial charge on any atom is -0.347 e. The van der Waals surface area contributed by atoms with Crippen molar-refractivity contribution in [1.29, 1.82) is 0 Å². The molecule has 0 unspecified atom stereocenters. The molecule has 0 amide bonds. The van der Waals surface area contributed by atoms with Gasteiger partial charge in [0, 0.05) is 0 Å². The minimum atomic E-state index is -3.67. The van der Waals surface area contributed by atoms with Crippen LogP contribution in [0.25, 0.3) is 0 Å². The summed E-state index contributed by atoms with van der Waals surface area (Å²) in [6.07, 6.45) is 0.874. The van der Waals surface area contributed by atoms with Crippen molar-refractivity contribution in [2.45, 2.75) is 32.2 Å². The molecule has 1 fully saturated rings. The monoisotopic (exact) mass is 271 g/mol. The molecule has 0 spiro atoms. The summed E-state index contributed by atoms with van der Waals surface area (Å²) in [6.45, 7) is 5.26. The van der Waals surface area contributed by atoms with E-state index in [-0.39, 0.29) is 11.8 Å². The van der Waals surface area contributed by atoms with Crippen LogP contribution >= 0.6 is 11.6 Å². The predicted molar refractivity (Wildman–Crippen MR) is 58.7 cm³/mol. The first kappa shape index (κ1) is 13.7. The first-order valence-electron chi connectivity index (χ1n) is 4.51. The molecule has 0 aromatic carbocycles. The number of hydrogen-bond donors (Lipinski definition) is 0. The normalized spacial score (nSPS) is 30.4. The number of ether oxygens (including phenoxy) is 2. The highest BCUT2D eigenvalue weighted by Gasteiger charge is 2.45. The number of halogens is 1. The summed E-state index contributed by atoms with van der Waals surface area (Å²) in [6, 6.07) is 0. The fourth-order valence-corrected chi connectivity index (χ4v) is 1.59. The summed E-state index contributed by atoms with van der Waals surface area (Å²) in [7, 11) is -3.67. The Balaban J connectivity index is 2.78. The lowest BCUT2D eigenvalue weighted by Gasteiger charge is -2.22. The van der Waals surface area contributed by atoms with Crippen molar-refractivity contribution < 1.29 is 22.2 Å². The molecule has 1 saturated heterocycles. The third-order valence-corrected chi connectivity index (χ3v) is 2.67. The van der Waals surface area contributed by atoms with Crippen LogP contribution in [0.4, 0.5) is 0 Å². The molecule has 94 valence electrons. The van der Waals surface area contributed by atoms with Crippen molar-refractivity contribution in [3.63, 3.8) is 0 Å². The van der Waals surface area contributed by atoms with Gasteiger partial charge in [-0.1, -0.05) is 16.8 Å². The molecule has 16 heavy (non-hydrogen) atoms. The average Bonchev–Trinajstić information content (AvgIpc) is 2.36. The Morgan fingerprint density at radius 1 is 1.44 bits per heavy atom. The van der Waals surface area contributed by atoms with Gasteiger partial charge < -0.3 is 9.47 Å². The topological polar surface area (TPSA) is 74.2 Å². The van der Waals surface area contributed by atoms with E-state index in [9.17, 15) is 8.42 Å². The Hall–Kier alpha value is -0.370. The van der Waals surface area contributed by atoms with Gasteiger partial charge in [-0.2, -0.15) is 8.42 Å². The minimum absolute atomic E-state index is 0.108. The fourth-order valence-electron chi connectivity index (χ4n) is 1.21. The summed E-state index contributed by atoms with van der Waals surface area (Å²) in [5.74, 6) is -0.782. The zero-order valence-corrected chi connectivity index (χ0v) is 11.1. The first-order valence-corrected chi connectivity index (χ1v) is 6.70. The van der Waals surface area contributed by atoms with Gasteiger partial charge in [0.25, 0.3) is 0 Å². The van der Waals surface area contributed by atoms with Gasteiger partial charge in [0.05, 0.1) is 12.9 Å². The molecule has 6 nitrogen and oxygen atoms in total. The second-order valence-electron chi connectivity index (χ2n) is 4.18. The molecule has 0 N–H and O–H groups in total. The quantitative estimate of drug-likeness (QED) is 0.567. The lowest BCUT2D eigenvalue weighted by molar-refractivity contribution is -0.144. The van der Waals surface area contributed by atoms with Crippen molar-refractivity contribution in [3.05, 3.63) is 0 Å². The summed E-state index contributed by atoms with van der Waals surface area (Å²) < 4.78 is 36.5. The smallest absolute Gasteiger partial charge is 0.325 e. The SMILES string of the molecule is CC1(C)OC[C@](C)(/C(Cl)=N/OS(C)(=O)=O)O1. The maximum absolute atomic E-state index is 10.7.